The predicted octanol–water partition coefficient (Wildman–Crippen LogP) is 2.83. The molecule has 0 heterocycles. The molecule has 28 heavy (non-hydrogen) atoms. The maximum atomic E-state index is 10.6. The molecule has 1 N–H and O–H groups in total. The minimum absolute atomic E-state index is 0.0626. The Morgan fingerprint density at radius 1 is 0.571 bits per heavy atom. The highest BCUT2D eigenvalue weighted by atomic mass is 16.6. The van der Waals surface area contributed by atoms with E-state index in [2.05, 4.69) is 5.32 Å². The van der Waals surface area contributed by atoms with Crippen molar-refractivity contribution in [2.75, 3.05) is 66.0 Å². The van der Waals surface area contributed by atoms with Crippen LogP contribution in [0.1, 0.15) is 55.4 Å². The molecule has 0 aromatic rings. The van der Waals surface area contributed by atoms with Crippen LogP contribution in [0.2, 0.25) is 0 Å². The van der Waals surface area contributed by atoms with Crippen molar-refractivity contribution in [2.45, 2.75) is 55.4 Å². The number of hydrogen-bond acceptors (Lipinski definition) is 7. The van der Waals surface area contributed by atoms with Crippen LogP contribution in [-0.4, -0.2) is 77.9 Å². The Labute approximate surface area is 172 Å². The molecule has 0 atom stereocenters. The monoisotopic (exact) mass is 411 g/mol. The highest BCUT2D eigenvalue weighted by Gasteiger charge is 1.95. The lowest BCUT2D eigenvalue weighted by Crippen LogP contribution is -2.25. The van der Waals surface area contributed by atoms with Gasteiger partial charge in [-0.1, -0.05) is 41.5 Å². The summed E-state index contributed by atoms with van der Waals surface area (Å²) in [6, 6.07) is 0. The van der Waals surface area contributed by atoms with Gasteiger partial charge < -0.3 is 29.0 Å². The summed E-state index contributed by atoms with van der Waals surface area (Å²) in [4.78, 5) is 21.0. The van der Waals surface area contributed by atoms with E-state index >= 15 is 0 Å². The molecule has 0 radical (unpaired) electrons. The molecule has 0 rings (SSSR count). The quantitative estimate of drug-likeness (QED) is 0.327. The molecule has 0 saturated carbocycles. The van der Waals surface area contributed by atoms with Crippen molar-refractivity contribution < 1.29 is 33.3 Å². The van der Waals surface area contributed by atoms with Gasteiger partial charge in [0.25, 0.3) is 0 Å². The Hall–Kier alpha value is -1.22. The summed E-state index contributed by atoms with van der Waals surface area (Å²) < 4.78 is 25.7. The molecule has 0 unspecified atom stereocenters. The molecule has 0 bridgehead atoms. The number of carbonyl (C=O) groups is 2. The zero-order valence-corrected chi connectivity index (χ0v) is 19.4. The van der Waals surface area contributed by atoms with Crippen LogP contribution in [0.15, 0.2) is 0 Å². The lowest BCUT2D eigenvalue weighted by molar-refractivity contribution is -0.142. The fourth-order valence-electron chi connectivity index (χ4n) is 1.31. The number of rotatable bonds is 15. The molecule has 0 aromatic carbocycles. The first-order valence-corrected chi connectivity index (χ1v) is 10.3. The van der Waals surface area contributed by atoms with Crippen LogP contribution in [-0.2, 0) is 33.3 Å². The van der Waals surface area contributed by atoms with Gasteiger partial charge in [-0.25, -0.2) is 0 Å². The van der Waals surface area contributed by atoms with Gasteiger partial charge in [0, 0.05) is 20.4 Å². The summed E-state index contributed by atoms with van der Waals surface area (Å²) in [5.74, 6) is -0.372. The number of nitrogens with one attached hydrogen (secondary N) is 1. The van der Waals surface area contributed by atoms with Gasteiger partial charge in [0.15, 0.2) is 0 Å². The van der Waals surface area contributed by atoms with Gasteiger partial charge >= 0.3 is 5.97 Å². The summed E-state index contributed by atoms with van der Waals surface area (Å²) in [6.07, 6.45) is 0. The molecule has 1 amide bonds. The first kappa shape index (κ1) is 34.3. The summed E-state index contributed by atoms with van der Waals surface area (Å²) >= 11 is 0. The molecule has 0 saturated heterocycles. The highest BCUT2D eigenvalue weighted by molar-refractivity contribution is 5.72. The third-order valence-corrected chi connectivity index (χ3v) is 2.27. The smallest absolute Gasteiger partial charge is 0.302 e. The minimum Gasteiger partial charge on any atom is -0.463 e. The van der Waals surface area contributed by atoms with Gasteiger partial charge in [0.1, 0.15) is 6.61 Å². The number of esters is 1. The Morgan fingerprint density at radius 3 is 1.21 bits per heavy atom. The predicted molar refractivity (Wildman–Crippen MR) is 113 cm³/mol. The van der Waals surface area contributed by atoms with Gasteiger partial charge in [-0.2, -0.15) is 0 Å². The SMILES string of the molecule is CC.CC.CC.CC(=O)NCCOCCOCCOCCOCCOC(C)=O. The number of hydrogen-bond donors (Lipinski definition) is 1. The molecule has 0 fully saturated rings. The van der Waals surface area contributed by atoms with Gasteiger partial charge in [-0.05, 0) is 0 Å². The number of carbonyl (C=O) groups excluding carboxylic acids is 2. The average Bonchev–Trinajstić information content (AvgIpc) is 2.71. The Kier molecular flexibility index (Phi) is 44.9. The van der Waals surface area contributed by atoms with Crippen LogP contribution in [0.4, 0.5) is 0 Å². The van der Waals surface area contributed by atoms with E-state index in [1.807, 2.05) is 41.5 Å². The fourth-order valence-corrected chi connectivity index (χ4v) is 1.31. The Balaban J connectivity index is -0.000000434. The molecule has 0 aliphatic rings. The van der Waals surface area contributed by atoms with Crippen LogP contribution in [0.25, 0.3) is 0 Å². The molecule has 172 valence electrons. The molecule has 0 aliphatic carbocycles. The first-order chi connectivity index (χ1) is 13.6. The van der Waals surface area contributed by atoms with E-state index in [9.17, 15) is 9.59 Å². The summed E-state index contributed by atoms with van der Waals surface area (Å²) in [6.45, 7) is 19.3. The Bertz CT molecular complexity index is 262. The van der Waals surface area contributed by atoms with E-state index in [1.54, 1.807) is 0 Å². The maximum Gasteiger partial charge on any atom is 0.302 e. The summed E-state index contributed by atoms with van der Waals surface area (Å²) in [7, 11) is 0. The lowest BCUT2D eigenvalue weighted by atomic mass is 10.6. The van der Waals surface area contributed by atoms with Crippen molar-refractivity contribution in [3.8, 4) is 0 Å². The molecular formula is C20H45NO7. The van der Waals surface area contributed by atoms with Crippen molar-refractivity contribution in [3.63, 3.8) is 0 Å². The topological polar surface area (TPSA) is 92.3 Å². The molecule has 8 heteroatoms. The number of amides is 1. The lowest BCUT2D eigenvalue weighted by Gasteiger charge is -2.07. The van der Waals surface area contributed by atoms with E-state index in [1.165, 1.54) is 13.8 Å². The van der Waals surface area contributed by atoms with E-state index in [-0.39, 0.29) is 18.5 Å². The Morgan fingerprint density at radius 2 is 0.893 bits per heavy atom. The van der Waals surface area contributed by atoms with Gasteiger partial charge in [-0.3, -0.25) is 9.59 Å². The molecule has 0 aliphatic heterocycles. The van der Waals surface area contributed by atoms with Crippen LogP contribution >= 0.6 is 0 Å². The van der Waals surface area contributed by atoms with Crippen molar-refractivity contribution >= 4 is 11.9 Å². The van der Waals surface area contributed by atoms with E-state index in [0.717, 1.165) is 0 Å². The minimum atomic E-state index is -0.309. The largest absolute Gasteiger partial charge is 0.463 e. The second kappa shape index (κ2) is 36.7. The third-order valence-electron chi connectivity index (χ3n) is 2.27. The standard InChI is InChI=1S/C14H27NO7.3C2H6/c1-13(16)15-3-4-18-5-6-19-7-8-20-9-10-21-11-12-22-14(2)17;3*1-2/h3-12H2,1-2H3,(H,15,16);3*1-2H3. The summed E-state index contributed by atoms with van der Waals surface area (Å²) in [5.41, 5.74) is 0. The maximum absolute atomic E-state index is 10.6. The van der Waals surface area contributed by atoms with Crippen molar-refractivity contribution in [2.24, 2.45) is 0 Å². The van der Waals surface area contributed by atoms with E-state index < -0.39 is 0 Å². The molecular weight excluding hydrogens is 366 g/mol. The zero-order chi connectivity index (χ0) is 22.5. The van der Waals surface area contributed by atoms with Gasteiger partial charge in [0.2, 0.25) is 5.91 Å². The normalized spacial score (nSPS) is 8.86. The third kappa shape index (κ3) is 44.3. The fraction of sp³-hybridized carbons (Fsp3) is 0.900. The van der Waals surface area contributed by atoms with Crippen LogP contribution in [0.3, 0.4) is 0 Å². The van der Waals surface area contributed by atoms with Crippen LogP contribution < -0.4 is 5.32 Å². The molecule has 0 spiro atoms. The summed E-state index contributed by atoms with van der Waals surface area (Å²) in [5, 5.41) is 2.63. The molecule has 8 nitrogen and oxygen atoms in total. The second-order valence-corrected chi connectivity index (χ2v) is 4.27. The van der Waals surface area contributed by atoms with Gasteiger partial charge in [0.05, 0.1) is 52.9 Å². The number of ether oxygens (including phenoxy) is 5. The van der Waals surface area contributed by atoms with Crippen molar-refractivity contribution in [3.05, 3.63) is 0 Å². The second-order valence-electron chi connectivity index (χ2n) is 4.27. The van der Waals surface area contributed by atoms with Crippen molar-refractivity contribution in [1.29, 1.82) is 0 Å². The average molecular weight is 412 g/mol. The van der Waals surface area contributed by atoms with Gasteiger partial charge in [-0.15, -0.1) is 0 Å². The van der Waals surface area contributed by atoms with Crippen LogP contribution in [0, 0.1) is 0 Å². The van der Waals surface area contributed by atoms with E-state index in [0.29, 0.717) is 59.4 Å². The van der Waals surface area contributed by atoms with Crippen LogP contribution in [0.5, 0.6) is 0 Å². The first-order valence-electron chi connectivity index (χ1n) is 10.3. The van der Waals surface area contributed by atoms with E-state index in [4.69, 9.17) is 23.7 Å². The zero-order valence-electron chi connectivity index (χ0n) is 19.4. The molecule has 0 aromatic heterocycles. The van der Waals surface area contributed by atoms with Crippen molar-refractivity contribution in [1.82, 2.24) is 5.32 Å². The highest BCUT2D eigenvalue weighted by Crippen LogP contribution is 1.84.